The van der Waals surface area contributed by atoms with Crippen LogP contribution in [0.2, 0.25) is 5.02 Å². The third-order valence-electron chi connectivity index (χ3n) is 2.29. The second kappa shape index (κ2) is 7.34. The van der Waals surface area contributed by atoms with Crippen LogP contribution in [0.25, 0.3) is 0 Å². The van der Waals surface area contributed by atoms with Crippen molar-refractivity contribution < 1.29 is 14.3 Å². The zero-order valence-corrected chi connectivity index (χ0v) is 11.8. The number of alkyl halides is 1. The first kappa shape index (κ1) is 14.9. The van der Waals surface area contributed by atoms with Crippen molar-refractivity contribution in [1.29, 1.82) is 0 Å². The molecule has 18 heavy (non-hydrogen) atoms. The minimum absolute atomic E-state index is 0.127. The van der Waals surface area contributed by atoms with Crippen LogP contribution in [-0.4, -0.2) is 26.0 Å². The number of carbonyl (C=O) groups excluding carboxylic acids is 1. The number of benzene rings is 1. The van der Waals surface area contributed by atoms with E-state index in [9.17, 15) is 4.79 Å². The zero-order chi connectivity index (χ0) is 13.5. The highest BCUT2D eigenvalue weighted by Gasteiger charge is 2.12. The van der Waals surface area contributed by atoms with Crippen molar-refractivity contribution in [3.8, 4) is 11.5 Å². The highest BCUT2D eigenvalue weighted by atomic mass is 35.5. The van der Waals surface area contributed by atoms with Gasteiger partial charge in [0.05, 0.1) is 24.9 Å². The van der Waals surface area contributed by atoms with Crippen molar-refractivity contribution in [1.82, 2.24) is 0 Å². The molecule has 0 heterocycles. The first-order chi connectivity index (χ1) is 8.62. The normalized spacial score (nSPS) is 10.0. The van der Waals surface area contributed by atoms with E-state index in [1.54, 1.807) is 12.1 Å². The molecule has 0 aliphatic carbocycles. The van der Waals surface area contributed by atoms with E-state index in [0.717, 1.165) is 0 Å². The fraction of sp³-hybridized carbons (Fsp3) is 0.417. The number of ether oxygens (including phenoxy) is 2. The van der Waals surface area contributed by atoms with Gasteiger partial charge < -0.3 is 14.8 Å². The topological polar surface area (TPSA) is 47.6 Å². The molecule has 0 unspecified atom stereocenters. The Morgan fingerprint density at radius 1 is 1.28 bits per heavy atom. The molecule has 0 aliphatic heterocycles. The van der Waals surface area contributed by atoms with Crippen LogP contribution in [-0.2, 0) is 4.79 Å². The lowest BCUT2D eigenvalue weighted by molar-refractivity contribution is -0.116. The summed E-state index contributed by atoms with van der Waals surface area (Å²) in [6.07, 6.45) is 0.984. The lowest BCUT2D eigenvalue weighted by Gasteiger charge is -2.13. The van der Waals surface area contributed by atoms with Crippen molar-refractivity contribution in [3.63, 3.8) is 0 Å². The molecular weight excluding hydrogens is 277 g/mol. The maximum absolute atomic E-state index is 11.6. The van der Waals surface area contributed by atoms with E-state index >= 15 is 0 Å². The summed E-state index contributed by atoms with van der Waals surface area (Å²) < 4.78 is 10.2. The predicted molar refractivity (Wildman–Crippen MR) is 73.1 cm³/mol. The number of amides is 1. The number of hydrogen-bond donors (Lipinski definition) is 1. The van der Waals surface area contributed by atoms with Gasteiger partial charge in [-0.25, -0.2) is 0 Å². The lowest BCUT2D eigenvalue weighted by Crippen LogP contribution is -2.12. The monoisotopic (exact) mass is 291 g/mol. The number of anilines is 1. The van der Waals surface area contributed by atoms with E-state index in [0.29, 0.717) is 40.9 Å². The highest BCUT2D eigenvalue weighted by Crippen LogP contribution is 2.35. The summed E-state index contributed by atoms with van der Waals surface area (Å²) >= 11 is 11.5. The van der Waals surface area contributed by atoms with Gasteiger partial charge in [-0.2, -0.15) is 0 Å². The molecule has 4 nitrogen and oxygen atoms in total. The molecule has 0 saturated heterocycles. The third kappa shape index (κ3) is 3.96. The Morgan fingerprint density at radius 2 is 1.94 bits per heavy atom. The quantitative estimate of drug-likeness (QED) is 0.818. The Labute approximate surface area is 116 Å². The van der Waals surface area contributed by atoms with Gasteiger partial charge in [-0.1, -0.05) is 11.6 Å². The average Bonchev–Trinajstić information content (AvgIpc) is 2.37. The first-order valence-electron chi connectivity index (χ1n) is 5.39. The summed E-state index contributed by atoms with van der Waals surface area (Å²) in [4.78, 5) is 11.6. The van der Waals surface area contributed by atoms with Gasteiger partial charge in [0.1, 0.15) is 11.5 Å². The van der Waals surface area contributed by atoms with Crippen LogP contribution < -0.4 is 14.8 Å². The van der Waals surface area contributed by atoms with Crippen LogP contribution in [0.1, 0.15) is 12.8 Å². The Bertz CT molecular complexity index is 424. The summed E-state index contributed by atoms with van der Waals surface area (Å²) in [6, 6.07) is 3.22. The molecule has 1 aromatic rings. The molecule has 0 saturated carbocycles. The second-order valence-corrected chi connectivity index (χ2v) is 4.31. The van der Waals surface area contributed by atoms with E-state index in [-0.39, 0.29) is 5.91 Å². The second-order valence-electron chi connectivity index (χ2n) is 3.53. The van der Waals surface area contributed by atoms with Crippen molar-refractivity contribution in [3.05, 3.63) is 17.2 Å². The Balaban J connectivity index is 2.89. The van der Waals surface area contributed by atoms with Gasteiger partial charge in [-0.3, -0.25) is 4.79 Å². The van der Waals surface area contributed by atoms with Gasteiger partial charge in [0.2, 0.25) is 5.91 Å². The molecule has 100 valence electrons. The molecule has 1 aromatic carbocycles. The molecule has 6 heteroatoms. The number of methoxy groups -OCH3 is 2. The number of nitrogens with one attached hydrogen (secondary N) is 1. The van der Waals surface area contributed by atoms with E-state index in [2.05, 4.69) is 5.32 Å². The van der Waals surface area contributed by atoms with E-state index < -0.39 is 0 Å². The van der Waals surface area contributed by atoms with Crippen LogP contribution in [0.15, 0.2) is 12.1 Å². The van der Waals surface area contributed by atoms with Gasteiger partial charge in [0, 0.05) is 24.4 Å². The molecule has 1 N–H and O–H groups in total. The first-order valence-corrected chi connectivity index (χ1v) is 6.31. The van der Waals surface area contributed by atoms with E-state index in [4.69, 9.17) is 32.7 Å². The maximum Gasteiger partial charge on any atom is 0.224 e. The smallest absolute Gasteiger partial charge is 0.224 e. The summed E-state index contributed by atoms with van der Waals surface area (Å²) in [7, 11) is 3.01. The Morgan fingerprint density at radius 3 is 2.50 bits per heavy atom. The fourth-order valence-corrected chi connectivity index (χ4v) is 1.76. The van der Waals surface area contributed by atoms with Crippen LogP contribution in [0.5, 0.6) is 11.5 Å². The van der Waals surface area contributed by atoms with Crippen molar-refractivity contribution in [2.75, 3.05) is 25.4 Å². The number of halogens is 2. The van der Waals surface area contributed by atoms with Crippen LogP contribution in [0.3, 0.4) is 0 Å². The highest BCUT2D eigenvalue weighted by molar-refractivity contribution is 6.32. The molecule has 0 aromatic heterocycles. The average molecular weight is 292 g/mol. The zero-order valence-electron chi connectivity index (χ0n) is 10.3. The van der Waals surface area contributed by atoms with Crippen LogP contribution >= 0.6 is 23.2 Å². The fourth-order valence-electron chi connectivity index (χ4n) is 1.40. The standard InChI is InChI=1S/C12H15Cl2NO3/c1-17-10-7-9(11(18-2)6-8(10)14)15-12(16)4-3-5-13/h6-7H,3-5H2,1-2H3,(H,15,16). The van der Waals surface area contributed by atoms with Gasteiger partial charge >= 0.3 is 0 Å². The third-order valence-corrected chi connectivity index (χ3v) is 2.85. The largest absolute Gasteiger partial charge is 0.495 e. The molecule has 0 atom stereocenters. The van der Waals surface area contributed by atoms with E-state index in [1.165, 1.54) is 14.2 Å². The molecule has 0 radical (unpaired) electrons. The molecule has 0 aliphatic rings. The van der Waals surface area contributed by atoms with Gasteiger partial charge in [-0.15, -0.1) is 11.6 Å². The van der Waals surface area contributed by atoms with Crippen molar-refractivity contribution in [2.45, 2.75) is 12.8 Å². The minimum Gasteiger partial charge on any atom is -0.495 e. The van der Waals surface area contributed by atoms with E-state index in [1.807, 2.05) is 0 Å². The van der Waals surface area contributed by atoms with Crippen molar-refractivity contribution >= 4 is 34.8 Å². The van der Waals surface area contributed by atoms with Crippen LogP contribution in [0, 0.1) is 0 Å². The van der Waals surface area contributed by atoms with Gasteiger partial charge in [-0.05, 0) is 6.42 Å². The summed E-state index contributed by atoms with van der Waals surface area (Å²) in [5.74, 6) is 1.29. The van der Waals surface area contributed by atoms with Gasteiger partial charge in [0.25, 0.3) is 0 Å². The maximum atomic E-state index is 11.6. The van der Waals surface area contributed by atoms with Crippen LogP contribution in [0.4, 0.5) is 5.69 Å². The number of rotatable bonds is 6. The number of hydrogen-bond acceptors (Lipinski definition) is 3. The molecule has 0 spiro atoms. The SMILES string of the molecule is COc1cc(NC(=O)CCCCl)c(OC)cc1Cl. The molecule has 0 fully saturated rings. The summed E-state index contributed by atoms with van der Waals surface area (Å²) in [5, 5.41) is 3.16. The van der Waals surface area contributed by atoms with Crippen molar-refractivity contribution in [2.24, 2.45) is 0 Å². The molecular formula is C12H15Cl2NO3. The predicted octanol–water partition coefficient (Wildman–Crippen LogP) is 3.31. The Kier molecular flexibility index (Phi) is 6.09. The van der Waals surface area contributed by atoms with Gasteiger partial charge in [0.15, 0.2) is 0 Å². The minimum atomic E-state index is -0.127. The lowest BCUT2D eigenvalue weighted by atomic mass is 10.2. The summed E-state index contributed by atoms with van der Waals surface area (Å²) in [5.41, 5.74) is 0.526. The molecule has 1 rings (SSSR count). The Hall–Kier alpha value is -1.13. The molecule has 1 amide bonds. The molecule has 0 bridgehead atoms. The summed E-state index contributed by atoms with van der Waals surface area (Å²) in [6.45, 7) is 0. The number of carbonyl (C=O) groups is 1.